The maximum Gasteiger partial charge on any atom is -1.00 e. The minimum Gasteiger partial charge on any atom is -1.00 e. The SMILES string of the molecule is CCCCc1cc(C(C)(C)C)c[cH-]1.Cc1[c-]c2c(cc1C)-c1cc(C)c(C)cc1C2.Clc1cccc([C](=[Zr+2])c2cccc(Cl)c2)c1.[Cl-].[Cl-]. The minimum absolute atomic E-state index is 0. The molecule has 48 heavy (non-hydrogen) atoms. The summed E-state index contributed by atoms with van der Waals surface area (Å²) in [5, 5.41) is 1.53. The summed E-state index contributed by atoms with van der Waals surface area (Å²) in [4.78, 5) is 0. The molecule has 6 rings (SSSR count). The third-order valence-electron chi connectivity index (χ3n) is 8.72. The second-order valence-electron chi connectivity index (χ2n) is 13.5. The van der Waals surface area contributed by atoms with Crippen molar-refractivity contribution in [3.8, 4) is 11.1 Å². The zero-order chi connectivity index (χ0) is 33.6. The fraction of sp³-hybridized carbons (Fsp3) is 0.302. The molecule has 0 nitrogen and oxygen atoms in total. The van der Waals surface area contributed by atoms with Gasteiger partial charge in [-0.3, -0.25) is 0 Å². The number of hydrogen-bond donors (Lipinski definition) is 0. The molecule has 5 heteroatoms. The first kappa shape index (κ1) is 42.3. The van der Waals surface area contributed by atoms with Crippen molar-refractivity contribution in [1.29, 1.82) is 0 Å². The van der Waals surface area contributed by atoms with Gasteiger partial charge >= 0.3 is 120 Å². The van der Waals surface area contributed by atoms with E-state index in [9.17, 15) is 0 Å². The Bertz CT molecular complexity index is 1720. The van der Waals surface area contributed by atoms with Crippen molar-refractivity contribution in [2.75, 3.05) is 0 Å². The molecule has 0 aliphatic heterocycles. The fourth-order valence-corrected chi connectivity index (χ4v) is 6.74. The average Bonchev–Trinajstić information content (AvgIpc) is 3.62. The van der Waals surface area contributed by atoms with E-state index >= 15 is 0 Å². The zero-order valence-corrected chi connectivity index (χ0v) is 34.9. The molecule has 0 saturated carbocycles. The molecule has 1 aliphatic carbocycles. The molecule has 0 amide bonds. The predicted molar refractivity (Wildman–Crippen MR) is 198 cm³/mol. The van der Waals surface area contributed by atoms with Crippen molar-refractivity contribution in [2.45, 2.75) is 86.5 Å². The zero-order valence-electron chi connectivity index (χ0n) is 29.4. The van der Waals surface area contributed by atoms with Gasteiger partial charge in [-0.1, -0.05) is 83.9 Å². The number of fused-ring (bicyclic) bond motifs is 3. The van der Waals surface area contributed by atoms with E-state index < -0.39 is 0 Å². The summed E-state index contributed by atoms with van der Waals surface area (Å²) in [6.07, 6.45) is 4.89. The normalized spacial score (nSPS) is 11.1. The van der Waals surface area contributed by atoms with Gasteiger partial charge in [-0.15, -0.1) is 11.1 Å². The van der Waals surface area contributed by atoms with E-state index in [0.29, 0.717) is 5.41 Å². The molecule has 1 aliphatic rings. The van der Waals surface area contributed by atoms with Crippen LogP contribution in [0.15, 0.2) is 84.9 Å². The Kier molecular flexibility index (Phi) is 16.7. The van der Waals surface area contributed by atoms with E-state index in [-0.39, 0.29) is 24.8 Å². The van der Waals surface area contributed by atoms with Gasteiger partial charge in [-0.05, 0) is 37.0 Å². The van der Waals surface area contributed by atoms with Crippen LogP contribution in [0.5, 0.6) is 0 Å². The van der Waals surface area contributed by atoms with Gasteiger partial charge in [0.25, 0.3) is 0 Å². The Balaban J connectivity index is 0.000000248. The van der Waals surface area contributed by atoms with E-state index in [2.05, 4.69) is 110 Å². The molecule has 0 spiro atoms. The Labute approximate surface area is 327 Å². The molecule has 0 radical (unpaired) electrons. The van der Waals surface area contributed by atoms with Crippen LogP contribution in [0.25, 0.3) is 11.1 Å². The molecule has 0 N–H and O–H groups in total. The van der Waals surface area contributed by atoms with E-state index in [4.69, 9.17) is 23.2 Å². The molecule has 0 fully saturated rings. The third-order valence-corrected chi connectivity index (χ3v) is 10.6. The number of halogens is 4. The van der Waals surface area contributed by atoms with Gasteiger partial charge in [0.05, 0.1) is 0 Å². The molecule has 5 aromatic rings. The Morgan fingerprint density at radius 1 is 0.792 bits per heavy atom. The summed E-state index contributed by atoms with van der Waals surface area (Å²) in [6.45, 7) is 17.8. The van der Waals surface area contributed by atoms with Crippen molar-refractivity contribution in [2.24, 2.45) is 0 Å². The van der Waals surface area contributed by atoms with Crippen molar-refractivity contribution >= 4 is 26.4 Å². The van der Waals surface area contributed by atoms with Crippen LogP contribution in [0.3, 0.4) is 0 Å². The second-order valence-corrected chi connectivity index (χ2v) is 15.6. The van der Waals surface area contributed by atoms with Crippen LogP contribution in [-0.4, -0.2) is 3.21 Å². The summed E-state index contributed by atoms with van der Waals surface area (Å²) < 4.78 is 1.26. The first-order valence-corrected chi connectivity index (χ1v) is 18.2. The van der Waals surface area contributed by atoms with Gasteiger partial charge in [0.1, 0.15) is 0 Å². The summed E-state index contributed by atoms with van der Waals surface area (Å²) in [5.41, 5.74) is 16.7. The van der Waals surface area contributed by atoms with Crippen LogP contribution in [0, 0.1) is 33.8 Å². The molecular formula is C43H46Cl4Zr-2. The summed E-state index contributed by atoms with van der Waals surface area (Å²) >= 11 is 13.3. The van der Waals surface area contributed by atoms with Gasteiger partial charge in [0.15, 0.2) is 0 Å². The number of unbranched alkanes of at least 4 members (excludes halogenated alkanes) is 1. The van der Waals surface area contributed by atoms with Gasteiger partial charge in [0, 0.05) is 0 Å². The maximum absolute atomic E-state index is 5.98. The largest absolute Gasteiger partial charge is 1.00 e. The molecule has 0 saturated heterocycles. The minimum atomic E-state index is 0. The van der Waals surface area contributed by atoms with Crippen molar-refractivity contribution in [1.82, 2.24) is 0 Å². The molecule has 5 aromatic carbocycles. The number of benzene rings is 4. The molecule has 0 bridgehead atoms. The number of rotatable bonds is 5. The second kappa shape index (κ2) is 18.9. The standard InChI is InChI=1S/C17H17.C13H8Cl2.C13H21.2ClH.Zr/c1-10-5-14-9-15-6-11(2)13(4)8-17(15)16(14)7-12(10)3;14-12-5-1-3-10(8-12)7-11-4-2-6-13(15)9-11;1-5-6-7-11-8-9-12(10-11)13(2,3)4;;;/h5,7-8H,9H2,1-4H3;1-6,8-9H;8-10H,5-7H2,1-4H3;2*1H;/q-1;;-1;;;+2/p-2. The molecule has 0 atom stereocenters. The quantitative estimate of drug-likeness (QED) is 0.176. The smallest absolute Gasteiger partial charge is 1.00 e. The van der Waals surface area contributed by atoms with Gasteiger partial charge in [-0.2, -0.15) is 46.5 Å². The molecule has 0 aromatic heterocycles. The van der Waals surface area contributed by atoms with E-state index in [1.54, 1.807) is 0 Å². The fourth-order valence-electron chi connectivity index (χ4n) is 5.60. The first-order chi connectivity index (χ1) is 21.8. The third kappa shape index (κ3) is 11.3. The van der Waals surface area contributed by atoms with E-state index in [1.807, 2.05) is 36.4 Å². The summed E-state index contributed by atoms with van der Waals surface area (Å²) in [6, 6.07) is 33.2. The van der Waals surface area contributed by atoms with Gasteiger partial charge < -0.3 is 24.8 Å². The van der Waals surface area contributed by atoms with Crippen LogP contribution in [-0.2, 0) is 42.5 Å². The average molecular weight is 796 g/mol. The summed E-state index contributed by atoms with van der Waals surface area (Å²) in [5.74, 6) is 0. The van der Waals surface area contributed by atoms with Gasteiger partial charge in [-0.25, -0.2) is 6.07 Å². The topological polar surface area (TPSA) is 0 Å². The molecule has 252 valence electrons. The van der Waals surface area contributed by atoms with Gasteiger partial charge in [0.2, 0.25) is 0 Å². The molecule has 0 heterocycles. The Hall–Kier alpha value is -1.86. The monoisotopic (exact) mass is 792 g/mol. The predicted octanol–water partition coefficient (Wildman–Crippen LogP) is 6.45. The van der Waals surface area contributed by atoms with Crippen molar-refractivity contribution in [3.63, 3.8) is 0 Å². The Morgan fingerprint density at radius 3 is 1.88 bits per heavy atom. The molecular weight excluding hydrogens is 750 g/mol. The van der Waals surface area contributed by atoms with E-state index in [1.165, 1.54) is 102 Å². The van der Waals surface area contributed by atoms with E-state index in [0.717, 1.165) is 27.6 Å². The van der Waals surface area contributed by atoms with Crippen LogP contribution in [0.1, 0.15) is 96.2 Å². The van der Waals surface area contributed by atoms with Crippen LogP contribution >= 0.6 is 23.2 Å². The maximum atomic E-state index is 5.98. The van der Waals surface area contributed by atoms with Crippen LogP contribution in [0.2, 0.25) is 10.0 Å². The number of aryl methyl sites for hydroxylation is 5. The van der Waals surface area contributed by atoms with Crippen LogP contribution in [0.4, 0.5) is 0 Å². The van der Waals surface area contributed by atoms with Crippen molar-refractivity contribution < 1.29 is 49.0 Å². The van der Waals surface area contributed by atoms with Crippen molar-refractivity contribution in [3.05, 3.63) is 157 Å². The molecule has 0 unspecified atom stereocenters. The van der Waals surface area contributed by atoms with Crippen LogP contribution < -0.4 is 24.8 Å². The number of hydrogen-bond acceptors (Lipinski definition) is 0. The summed E-state index contributed by atoms with van der Waals surface area (Å²) in [7, 11) is 0. The first-order valence-electron chi connectivity index (χ1n) is 16.3. The Morgan fingerprint density at radius 2 is 1.35 bits per heavy atom.